The maximum absolute atomic E-state index is 13.5. The van der Waals surface area contributed by atoms with E-state index in [1.807, 2.05) is 0 Å². The van der Waals surface area contributed by atoms with Crippen molar-refractivity contribution in [3.8, 4) is 23.2 Å². The molecule has 0 aromatic carbocycles. The number of rotatable bonds is 10. The van der Waals surface area contributed by atoms with Gasteiger partial charge < -0.3 is 23.7 Å². The van der Waals surface area contributed by atoms with Crippen molar-refractivity contribution in [2.45, 2.75) is 31.1 Å². The highest BCUT2D eigenvalue weighted by Crippen LogP contribution is 2.35. The molecule has 3 aromatic rings. The van der Waals surface area contributed by atoms with E-state index in [9.17, 15) is 8.42 Å². The van der Waals surface area contributed by atoms with E-state index in [4.69, 9.17) is 23.7 Å². The second kappa shape index (κ2) is 11.2. The standard InChI is InChI=1S/C21H28N8O7S/c1-12(17-22-8-14(32-3)9-23-17)13(2)37(30,31)28-21-27-26-18(15-10-35-6-7-36-15)29(21)16-19(33-4)24-11-25-20(16)34-5/h8-9,11-13,15H,6-7,10H2,1-5H3,(H,27,28)/t12-,13-,15-/m0/s1. The molecule has 3 atom stereocenters. The smallest absolute Gasteiger partial charge is 0.245 e. The van der Waals surface area contributed by atoms with Crippen LogP contribution in [0.5, 0.6) is 17.5 Å². The van der Waals surface area contributed by atoms with Gasteiger partial charge in [-0.3, -0.25) is 9.29 Å². The van der Waals surface area contributed by atoms with E-state index < -0.39 is 27.3 Å². The molecule has 37 heavy (non-hydrogen) atoms. The largest absolute Gasteiger partial charge is 0.494 e. The van der Waals surface area contributed by atoms with Gasteiger partial charge in [-0.2, -0.15) is 9.97 Å². The number of nitrogens with zero attached hydrogens (tertiary/aromatic N) is 7. The van der Waals surface area contributed by atoms with Gasteiger partial charge in [-0.25, -0.2) is 18.4 Å². The second-order valence-corrected chi connectivity index (χ2v) is 10.1. The van der Waals surface area contributed by atoms with E-state index in [2.05, 4.69) is 34.9 Å². The molecule has 1 aliphatic heterocycles. The summed E-state index contributed by atoms with van der Waals surface area (Å²) in [7, 11) is 0.282. The summed E-state index contributed by atoms with van der Waals surface area (Å²) in [5.41, 5.74) is 0.193. The van der Waals surface area contributed by atoms with Gasteiger partial charge in [0.1, 0.15) is 18.3 Å². The lowest BCUT2D eigenvalue weighted by atomic mass is 10.1. The van der Waals surface area contributed by atoms with Crippen LogP contribution in [0.25, 0.3) is 5.69 Å². The highest BCUT2D eigenvalue weighted by atomic mass is 32.2. The predicted octanol–water partition coefficient (Wildman–Crippen LogP) is 0.895. The Bertz CT molecular complexity index is 1290. The minimum absolute atomic E-state index is 0.109. The molecule has 200 valence electrons. The topological polar surface area (TPSA) is 175 Å². The monoisotopic (exact) mass is 536 g/mol. The molecule has 4 heterocycles. The maximum Gasteiger partial charge on any atom is 0.245 e. The summed E-state index contributed by atoms with van der Waals surface area (Å²) < 4.78 is 58.2. The number of nitrogens with one attached hydrogen (secondary N) is 1. The van der Waals surface area contributed by atoms with Crippen molar-refractivity contribution < 1.29 is 32.1 Å². The van der Waals surface area contributed by atoms with Gasteiger partial charge in [0.05, 0.1) is 58.8 Å². The van der Waals surface area contributed by atoms with Gasteiger partial charge >= 0.3 is 0 Å². The van der Waals surface area contributed by atoms with Crippen molar-refractivity contribution >= 4 is 16.0 Å². The lowest BCUT2D eigenvalue weighted by Crippen LogP contribution is -2.32. The zero-order valence-electron chi connectivity index (χ0n) is 21.0. The Kier molecular flexibility index (Phi) is 7.99. The van der Waals surface area contributed by atoms with Crippen molar-refractivity contribution in [1.29, 1.82) is 0 Å². The van der Waals surface area contributed by atoms with E-state index in [-0.39, 0.29) is 35.8 Å². The fourth-order valence-electron chi connectivity index (χ4n) is 3.63. The zero-order chi connectivity index (χ0) is 26.6. The Hall–Kier alpha value is -3.63. The molecule has 0 spiro atoms. The highest BCUT2D eigenvalue weighted by molar-refractivity contribution is 7.93. The molecule has 0 bridgehead atoms. The Morgan fingerprint density at radius 3 is 2.24 bits per heavy atom. The summed E-state index contributed by atoms with van der Waals surface area (Å²) in [4.78, 5) is 16.7. The Morgan fingerprint density at radius 2 is 1.68 bits per heavy atom. The first-order valence-corrected chi connectivity index (χ1v) is 12.8. The van der Waals surface area contributed by atoms with Crippen LogP contribution in [0.15, 0.2) is 18.7 Å². The second-order valence-electron chi connectivity index (χ2n) is 8.01. The first-order valence-electron chi connectivity index (χ1n) is 11.3. The third-order valence-corrected chi connectivity index (χ3v) is 7.73. The SMILES string of the molecule is COc1cnc([C@@H](C)[C@H](C)S(=O)(=O)Nc2nnc([C@@H]3COCCO3)n2-c2c(OC)ncnc2OC)nc1. The average Bonchev–Trinajstić information content (AvgIpc) is 3.34. The Labute approximate surface area is 213 Å². The summed E-state index contributed by atoms with van der Waals surface area (Å²) >= 11 is 0. The van der Waals surface area contributed by atoms with Crippen molar-refractivity contribution in [2.24, 2.45) is 0 Å². The molecule has 1 saturated heterocycles. The third-order valence-electron chi connectivity index (χ3n) is 5.88. The number of hydrogen-bond acceptors (Lipinski definition) is 13. The van der Waals surface area contributed by atoms with E-state index in [1.165, 1.54) is 44.6 Å². The predicted molar refractivity (Wildman–Crippen MR) is 129 cm³/mol. The molecule has 3 aromatic heterocycles. The summed E-state index contributed by atoms with van der Waals surface area (Å²) in [6.07, 6.45) is 3.58. The number of methoxy groups -OCH3 is 3. The van der Waals surface area contributed by atoms with Gasteiger partial charge in [0.15, 0.2) is 17.3 Å². The molecule has 0 unspecified atom stereocenters. The number of aromatic nitrogens is 7. The normalized spacial score (nSPS) is 17.6. The van der Waals surface area contributed by atoms with Crippen molar-refractivity contribution in [3.05, 3.63) is 30.4 Å². The molecule has 0 radical (unpaired) electrons. The van der Waals surface area contributed by atoms with Crippen LogP contribution in [0.3, 0.4) is 0 Å². The summed E-state index contributed by atoms with van der Waals surface area (Å²) in [5, 5.41) is 7.36. The molecule has 0 aliphatic carbocycles. The number of hydrogen-bond donors (Lipinski definition) is 1. The van der Waals surface area contributed by atoms with Crippen LogP contribution in [0, 0.1) is 0 Å². The van der Waals surface area contributed by atoms with Crippen molar-refractivity contribution in [3.63, 3.8) is 0 Å². The zero-order valence-corrected chi connectivity index (χ0v) is 21.8. The highest BCUT2D eigenvalue weighted by Gasteiger charge is 2.34. The molecule has 1 fully saturated rings. The van der Waals surface area contributed by atoms with Crippen LogP contribution in [0.2, 0.25) is 0 Å². The van der Waals surface area contributed by atoms with E-state index in [0.717, 1.165) is 0 Å². The average molecular weight is 537 g/mol. The molecule has 16 heteroatoms. The molecule has 0 amide bonds. The van der Waals surface area contributed by atoms with Crippen molar-refractivity contribution in [2.75, 3.05) is 45.9 Å². The minimum Gasteiger partial charge on any atom is -0.494 e. The van der Waals surface area contributed by atoms with Crippen LogP contribution < -0.4 is 18.9 Å². The fourth-order valence-corrected chi connectivity index (χ4v) is 4.86. The van der Waals surface area contributed by atoms with E-state index in [1.54, 1.807) is 13.8 Å². The molecule has 1 aliphatic rings. The summed E-state index contributed by atoms with van der Waals surface area (Å²) in [5.74, 6) is 0.573. The quantitative estimate of drug-likeness (QED) is 0.387. The van der Waals surface area contributed by atoms with Crippen LogP contribution in [-0.4, -0.2) is 89.5 Å². The van der Waals surface area contributed by atoms with Crippen LogP contribution in [0.4, 0.5) is 5.95 Å². The first-order chi connectivity index (χ1) is 17.8. The number of anilines is 1. The Balaban J connectivity index is 1.74. The van der Waals surface area contributed by atoms with Gasteiger partial charge in [-0.1, -0.05) is 6.92 Å². The number of ether oxygens (including phenoxy) is 5. The summed E-state index contributed by atoms with van der Waals surface area (Å²) in [6.45, 7) is 4.20. The first kappa shape index (κ1) is 26.4. The number of sulfonamides is 1. The molecule has 1 N–H and O–H groups in total. The van der Waals surface area contributed by atoms with Crippen LogP contribution >= 0.6 is 0 Å². The minimum atomic E-state index is -4.04. The molecule has 4 rings (SSSR count). The molecule has 15 nitrogen and oxygen atoms in total. The third kappa shape index (κ3) is 5.40. The lowest BCUT2D eigenvalue weighted by molar-refractivity contribution is -0.0941. The van der Waals surface area contributed by atoms with Gasteiger partial charge in [0.2, 0.25) is 27.7 Å². The van der Waals surface area contributed by atoms with Crippen LogP contribution in [-0.2, 0) is 19.5 Å². The van der Waals surface area contributed by atoms with Gasteiger partial charge in [-0.05, 0) is 6.92 Å². The van der Waals surface area contributed by atoms with Crippen LogP contribution in [0.1, 0.15) is 37.5 Å². The molecular formula is C21H28N8O7S. The summed E-state index contributed by atoms with van der Waals surface area (Å²) in [6, 6.07) is 0. The fraction of sp³-hybridized carbons (Fsp3) is 0.524. The molecule has 0 saturated carbocycles. The lowest BCUT2D eigenvalue weighted by Gasteiger charge is -2.24. The van der Waals surface area contributed by atoms with Gasteiger partial charge in [0, 0.05) is 5.92 Å². The Morgan fingerprint density at radius 1 is 1.00 bits per heavy atom. The maximum atomic E-state index is 13.5. The van der Waals surface area contributed by atoms with Crippen molar-refractivity contribution in [1.82, 2.24) is 34.7 Å². The van der Waals surface area contributed by atoms with E-state index in [0.29, 0.717) is 24.8 Å². The van der Waals surface area contributed by atoms with Gasteiger partial charge in [0.25, 0.3) is 0 Å². The van der Waals surface area contributed by atoms with Gasteiger partial charge in [-0.15, -0.1) is 10.2 Å². The van der Waals surface area contributed by atoms with E-state index >= 15 is 0 Å². The molecular weight excluding hydrogens is 508 g/mol.